The lowest BCUT2D eigenvalue weighted by Crippen LogP contribution is -2.49. The fraction of sp³-hybridized carbons (Fsp3) is 0.667. The van der Waals surface area contributed by atoms with Crippen molar-refractivity contribution in [1.82, 2.24) is 9.21 Å². The van der Waals surface area contributed by atoms with Crippen molar-refractivity contribution in [3.05, 3.63) is 30.3 Å². The van der Waals surface area contributed by atoms with Crippen molar-refractivity contribution in [2.75, 3.05) is 26.2 Å². The Balaban J connectivity index is 1.34. The summed E-state index contributed by atoms with van der Waals surface area (Å²) in [4.78, 5) is 15.4. The number of carbonyl (C=O) groups excluding carboxylic acids is 1. The second kappa shape index (κ2) is 7.92. The molecule has 2 saturated heterocycles. The van der Waals surface area contributed by atoms with E-state index >= 15 is 0 Å². The Morgan fingerprint density at radius 2 is 1.52 bits per heavy atom. The Bertz CT molecular complexity index is 757. The molecule has 6 heteroatoms. The van der Waals surface area contributed by atoms with E-state index in [9.17, 15) is 13.2 Å². The predicted molar refractivity (Wildman–Crippen MR) is 105 cm³/mol. The third kappa shape index (κ3) is 3.92. The van der Waals surface area contributed by atoms with Crippen LogP contribution in [0.15, 0.2) is 35.2 Å². The van der Waals surface area contributed by atoms with Crippen molar-refractivity contribution in [2.45, 2.75) is 49.8 Å². The van der Waals surface area contributed by atoms with E-state index < -0.39 is 10.0 Å². The predicted octanol–water partition coefficient (Wildman–Crippen LogP) is 3.13. The van der Waals surface area contributed by atoms with Crippen LogP contribution in [0.3, 0.4) is 0 Å². The number of carbonyl (C=O) groups is 1. The van der Waals surface area contributed by atoms with Crippen LogP contribution in [0, 0.1) is 17.8 Å². The molecule has 1 amide bonds. The first-order valence-corrected chi connectivity index (χ1v) is 11.8. The maximum absolute atomic E-state index is 13.0. The molecule has 0 spiro atoms. The van der Waals surface area contributed by atoms with Crippen LogP contribution in [0.2, 0.25) is 0 Å². The lowest BCUT2D eigenvalue weighted by molar-refractivity contribution is -0.139. The smallest absolute Gasteiger partial charge is 0.243 e. The number of benzene rings is 1. The normalized spacial score (nSPS) is 27.9. The molecule has 1 aromatic carbocycles. The molecule has 0 bridgehead atoms. The first-order valence-electron chi connectivity index (χ1n) is 10.4. The lowest BCUT2D eigenvalue weighted by Gasteiger charge is -2.43. The number of amides is 1. The van der Waals surface area contributed by atoms with E-state index in [4.69, 9.17) is 0 Å². The van der Waals surface area contributed by atoms with E-state index in [0.29, 0.717) is 36.7 Å². The summed E-state index contributed by atoms with van der Waals surface area (Å²) in [5.74, 6) is 1.75. The van der Waals surface area contributed by atoms with E-state index in [1.54, 1.807) is 28.6 Å². The number of piperidine rings is 2. The maximum Gasteiger partial charge on any atom is 0.243 e. The molecule has 5 nitrogen and oxygen atoms in total. The number of sulfonamides is 1. The van der Waals surface area contributed by atoms with Crippen LogP contribution in [-0.4, -0.2) is 49.7 Å². The fourth-order valence-electron chi connectivity index (χ4n) is 5.14. The number of nitrogens with zero attached hydrogens (tertiary/aromatic N) is 2. The van der Waals surface area contributed by atoms with Gasteiger partial charge < -0.3 is 4.90 Å². The summed E-state index contributed by atoms with van der Waals surface area (Å²) in [6, 6.07) is 8.59. The molecule has 0 N–H and O–H groups in total. The number of hydrogen-bond donors (Lipinski definition) is 0. The lowest BCUT2D eigenvalue weighted by atomic mass is 9.75. The molecule has 148 valence electrons. The van der Waals surface area contributed by atoms with Crippen LogP contribution in [0.5, 0.6) is 0 Å². The summed E-state index contributed by atoms with van der Waals surface area (Å²) >= 11 is 0. The van der Waals surface area contributed by atoms with Crippen molar-refractivity contribution in [3.8, 4) is 0 Å². The molecule has 0 radical (unpaired) electrons. The van der Waals surface area contributed by atoms with Gasteiger partial charge in [-0.25, -0.2) is 8.42 Å². The number of fused-ring (bicyclic) bond motifs is 1. The standard InChI is InChI=1S/C21H30N2O3S/c24-21(22-13-10-17-6-4-5-7-19(17)16-22)18-11-14-23(15-12-18)27(25,26)20-8-2-1-3-9-20/h1-3,8-9,17-19H,4-7,10-16H2/t17-,19+/m1/s1. The first kappa shape index (κ1) is 18.9. The number of rotatable bonds is 3. The van der Waals surface area contributed by atoms with E-state index in [0.717, 1.165) is 25.4 Å². The zero-order chi connectivity index (χ0) is 18.9. The van der Waals surface area contributed by atoms with Gasteiger partial charge in [-0.05, 0) is 49.7 Å². The minimum atomic E-state index is -3.44. The molecular weight excluding hydrogens is 360 g/mol. The van der Waals surface area contributed by atoms with Gasteiger partial charge in [-0.3, -0.25) is 4.79 Å². The SMILES string of the molecule is O=C(C1CCN(S(=O)(=O)c2ccccc2)CC1)N1CC[C@H]2CCCC[C@H]2C1. The monoisotopic (exact) mass is 390 g/mol. The molecule has 1 saturated carbocycles. The summed E-state index contributed by atoms with van der Waals surface area (Å²) < 4.78 is 27.0. The quantitative estimate of drug-likeness (QED) is 0.797. The summed E-state index contributed by atoms with van der Waals surface area (Å²) in [6.45, 7) is 2.69. The summed E-state index contributed by atoms with van der Waals surface area (Å²) in [7, 11) is -3.44. The van der Waals surface area contributed by atoms with Gasteiger partial charge in [0.1, 0.15) is 0 Å². The molecule has 4 rings (SSSR count). The third-order valence-corrected chi connectivity index (χ3v) is 8.70. The van der Waals surface area contributed by atoms with E-state index in [-0.39, 0.29) is 11.8 Å². The average molecular weight is 391 g/mol. The topological polar surface area (TPSA) is 57.7 Å². The van der Waals surface area contributed by atoms with Gasteiger partial charge in [0.05, 0.1) is 4.90 Å². The highest BCUT2D eigenvalue weighted by molar-refractivity contribution is 7.89. The van der Waals surface area contributed by atoms with Crippen LogP contribution < -0.4 is 0 Å². The molecule has 1 aromatic rings. The van der Waals surface area contributed by atoms with Gasteiger partial charge in [0.25, 0.3) is 0 Å². The van der Waals surface area contributed by atoms with Gasteiger partial charge in [0.2, 0.25) is 15.9 Å². The third-order valence-electron chi connectivity index (χ3n) is 6.79. The maximum atomic E-state index is 13.0. The molecule has 0 aromatic heterocycles. The largest absolute Gasteiger partial charge is 0.342 e. The highest BCUT2D eigenvalue weighted by Gasteiger charge is 2.37. The summed E-state index contributed by atoms with van der Waals surface area (Å²) in [5.41, 5.74) is 0. The van der Waals surface area contributed by atoms with E-state index in [1.807, 2.05) is 6.07 Å². The van der Waals surface area contributed by atoms with Crippen LogP contribution in [0.25, 0.3) is 0 Å². The average Bonchev–Trinajstić information content (AvgIpc) is 2.73. The Morgan fingerprint density at radius 1 is 0.852 bits per heavy atom. The van der Waals surface area contributed by atoms with E-state index in [1.165, 1.54) is 25.7 Å². The first-order chi connectivity index (χ1) is 13.1. The van der Waals surface area contributed by atoms with Crippen LogP contribution in [0.4, 0.5) is 0 Å². The van der Waals surface area contributed by atoms with Gasteiger partial charge in [0, 0.05) is 32.1 Å². The second-order valence-electron chi connectivity index (χ2n) is 8.37. The van der Waals surface area contributed by atoms with Crippen LogP contribution in [0.1, 0.15) is 44.9 Å². The van der Waals surface area contributed by atoms with Gasteiger partial charge >= 0.3 is 0 Å². The Morgan fingerprint density at radius 3 is 2.22 bits per heavy atom. The van der Waals surface area contributed by atoms with Crippen molar-refractivity contribution in [2.24, 2.45) is 17.8 Å². The number of hydrogen-bond acceptors (Lipinski definition) is 3. The van der Waals surface area contributed by atoms with Crippen molar-refractivity contribution in [1.29, 1.82) is 0 Å². The summed E-state index contributed by atoms with van der Waals surface area (Å²) in [6.07, 6.45) is 7.68. The molecule has 2 aliphatic heterocycles. The molecule has 1 aliphatic carbocycles. The van der Waals surface area contributed by atoms with Gasteiger partial charge in [-0.2, -0.15) is 4.31 Å². The Kier molecular flexibility index (Phi) is 5.55. The van der Waals surface area contributed by atoms with E-state index in [2.05, 4.69) is 4.90 Å². The van der Waals surface area contributed by atoms with Crippen LogP contribution in [-0.2, 0) is 14.8 Å². The molecule has 2 atom stereocenters. The molecule has 3 aliphatic rings. The minimum Gasteiger partial charge on any atom is -0.342 e. The van der Waals surface area contributed by atoms with Crippen molar-refractivity contribution < 1.29 is 13.2 Å². The van der Waals surface area contributed by atoms with Gasteiger partial charge in [-0.1, -0.05) is 37.5 Å². The Hall–Kier alpha value is -1.40. The second-order valence-corrected chi connectivity index (χ2v) is 10.3. The fourth-order valence-corrected chi connectivity index (χ4v) is 6.63. The molecule has 2 heterocycles. The number of likely N-dealkylation sites (tertiary alicyclic amines) is 1. The molecule has 27 heavy (non-hydrogen) atoms. The molecule has 0 unspecified atom stereocenters. The zero-order valence-corrected chi connectivity index (χ0v) is 16.7. The van der Waals surface area contributed by atoms with Crippen molar-refractivity contribution >= 4 is 15.9 Å². The minimum absolute atomic E-state index is 0.0210. The van der Waals surface area contributed by atoms with Gasteiger partial charge in [0.15, 0.2) is 0 Å². The summed E-state index contributed by atoms with van der Waals surface area (Å²) in [5, 5.41) is 0. The molecular formula is C21H30N2O3S. The van der Waals surface area contributed by atoms with Crippen molar-refractivity contribution in [3.63, 3.8) is 0 Å². The molecule has 3 fully saturated rings. The Labute approximate surface area is 162 Å². The van der Waals surface area contributed by atoms with Gasteiger partial charge in [-0.15, -0.1) is 0 Å². The zero-order valence-electron chi connectivity index (χ0n) is 15.9. The highest BCUT2D eigenvalue weighted by Crippen LogP contribution is 2.37. The highest BCUT2D eigenvalue weighted by atomic mass is 32.2. The van der Waals surface area contributed by atoms with Crippen LogP contribution >= 0.6 is 0 Å².